The van der Waals surface area contributed by atoms with Crippen molar-refractivity contribution in [1.82, 2.24) is 4.90 Å². The molecule has 3 unspecified atom stereocenters. The summed E-state index contributed by atoms with van der Waals surface area (Å²) in [4.78, 5) is 14.0. The molecule has 0 amide bonds. The Morgan fingerprint density at radius 1 is 1.38 bits per heavy atom. The van der Waals surface area contributed by atoms with E-state index in [1.807, 2.05) is 0 Å². The largest absolute Gasteiger partial charge is 0.391 e. The molecule has 0 aromatic rings. The highest BCUT2D eigenvalue weighted by Gasteiger charge is 2.34. The van der Waals surface area contributed by atoms with E-state index in [-0.39, 0.29) is 12.0 Å². The molecule has 1 aliphatic heterocycles. The van der Waals surface area contributed by atoms with Gasteiger partial charge in [-0.1, -0.05) is 19.8 Å². The van der Waals surface area contributed by atoms with Gasteiger partial charge in [-0.05, 0) is 19.3 Å². The summed E-state index contributed by atoms with van der Waals surface area (Å²) in [5.41, 5.74) is 0. The monoisotopic (exact) mass is 225 g/mol. The maximum atomic E-state index is 11.6. The van der Waals surface area contributed by atoms with Gasteiger partial charge in [0.25, 0.3) is 0 Å². The molecule has 0 bridgehead atoms. The second-order valence-electron chi connectivity index (χ2n) is 5.24. The highest BCUT2D eigenvalue weighted by Crippen LogP contribution is 2.27. The third-order valence-electron chi connectivity index (χ3n) is 4.21. The molecule has 16 heavy (non-hydrogen) atoms. The lowest BCUT2D eigenvalue weighted by Crippen LogP contribution is -2.51. The van der Waals surface area contributed by atoms with Crippen molar-refractivity contribution in [1.29, 1.82) is 0 Å². The fraction of sp³-hybridized carbons (Fsp3) is 0.923. The van der Waals surface area contributed by atoms with Crippen molar-refractivity contribution in [3.63, 3.8) is 0 Å². The van der Waals surface area contributed by atoms with E-state index in [0.717, 1.165) is 38.8 Å². The summed E-state index contributed by atoms with van der Waals surface area (Å²) in [6.07, 6.45) is 5.88. The Balaban J connectivity index is 1.96. The Morgan fingerprint density at radius 2 is 2.12 bits per heavy atom. The molecule has 2 aliphatic rings. The van der Waals surface area contributed by atoms with E-state index in [2.05, 4.69) is 11.8 Å². The SMILES string of the molecule is CCC1CN(C2CCCCC2O)CCC1=O. The van der Waals surface area contributed by atoms with Crippen molar-refractivity contribution in [2.75, 3.05) is 13.1 Å². The number of aliphatic hydroxyl groups excluding tert-OH is 1. The molecule has 0 aromatic heterocycles. The first-order valence-electron chi connectivity index (χ1n) is 6.67. The number of hydrogen-bond donors (Lipinski definition) is 1. The molecule has 1 N–H and O–H groups in total. The zero-order valence-corrected chi connectivity index (χ0v) is 10.2. The number of Topliss-reactive ketones (excluding diaryl/α,β-unsaturated/α-hetero) is 1. The number of carbonyl (C=O) groups excluding carboxylic acids is 1. The summed E-state index contributed by atoms with van der Waals surface area (Å²) >= 11 is 0. The Labute approximate surface area is 97.8 Å². The molecule has 2 fully saturated rings. The number of hydrogen-bond acceptors (Lipinski definition) is 3. The lowest BCUT2D eigenvalue weighted by molar-refractivity contribution is -0.128. The molecule has 2 rings (SSSR count). The van der Waals surface area contributed by atoms with Gasteiger partial charge in [-0.3, -0.25) is 9.69 Å². The predicted octanol–water partition coefficient (Wildman–Crippen LogP) is 1.59. The number of likely N-dealkylation sites (tertiary alicyclic amines) is 1. The smallest absolute Gasteiger partial charge is 0.138 e. The third-order valence-corrected chi connectivity index (χ3v) is 4.21. The molecule has 3 nitrogen and oxygen atoms in total. The number of carbonyl (C=O) groups is 1. The van der Waals surface area contributed by atoms with Gasteiger partial charge in [-0.2, -0.15) is 0 Å². The van der Waals surface area contributed by atoms with Crippen LogP contribution in [0.25, 0.3) is 0 Å². The van der Waals surface area contributed by atoms with Gasteiger partial charge in [0.2, 0.25) is 0 Å². The Bertz CT molecular complexity index is 254. The molecule has 92 valence electrons. The fourth-order valence-electron chi connectivity index (χ4n) is 3.11. The summed E-state index contributed by atoms with van der Waals surface area (Å²) in [7, 11) is 0. The van der Waals surface area contributed by atoms with Gasteiger partial charge in [0.15, 0.2) is 0 Å². The van der Waals surface area contributed by atoms with E-state index in [4.69, 9.17) is 0 Å². The van der Waals surface area contributed by atoms with Crippen LogP contribution in [0.5, 0.6) is 0 Å². The van der Waals surface area contributed by atoms with Crippen LogP contribution >= 0.6 is 0 Å². The maximum absolute atomic E-state index is 11.6. The summed E-state index contributed by atoms with van der Waals surface area (Å²) in [6.45, 7) is 3.82. The van der Waals surface area contributed by atoms with Crippen molar-refractivity contribution in [3.8, 4) is 0 Å². The molecular weight excluding hydrogens is 202 g/mol. The van der Waals surface area contributed by atoms with Crippen molar-refractivity contribution < 1.29 is 9.90 Å². The van der Waals surface area contributed by atoms with Crippen LogP contribution in [0.3, 0.4) is 0 Å². The summed E-state index contributed by atoms with van der Waals surface area (Å²) in [5, 5.41) is 10.0. The zero-order chi connectivity index (χ0) is 11.5. The number of aliphatic hydroxyl groups is 1. The van der Waals surface area contributed by atoms with Crippen LogP contribution in [0.4, 0.5) is 0 Å². The molecule has 0 aromatic carbocycles. The summed E-state index contributed by atoms with van der Waals surface area (Å²) < 4.78 is 0. The molecule has 1 saturated carbocycles. The van der Waals surface area contributed by atoms with Crippen molar-refractivity contribution >= 4 is 5.78 Å². The minimum Gasteiger partial charge on any atom is -0.391 e. The van der Waals surface area contributed by atoms with Crippen LogP contribution in [0.2, 0.25) is 0 Å². The van der Waals surface area contributed by atoms with Gasteiger partial charge in [-0.25, -0.2) is 0 Å². The quantitative estimate of drug-likeness (QED) is 0.776. The van der Waals surface area contributed by atoms with Crippen LogP contribution in [0.15, 0.2) is 0 Å². The van der Waals surface area contributed by atoms with Gasteiger partial charge < -0.3 is 5.11 Å². The van der Waals surface area contributed by atoms with E-state index < -0.39 is 0 Å². The van der Waals surface area contributed by atoms with Gasteiger partial charge in [0, 0.05) is 31.5 Å². The van der Waals surface area contributed by atoms with E-state index in [0.29, 0.717) is 18.2 Å². The van der Waals surface area contributed by atoms with Gasteiger partial charge in [0.1, 0.15) is 5.78 Å². The third kappa shape index (κ3) is 2.46. The van der Waals surface area contributed by atoms with Gasteiger partial charge >= 0.3 is 0 Å². The van der Waals surface area contributed by atoms with Crippen LogP contribution in [-0.2, 0) is 4.79 Å². The number of rotatable bonds is 2. The van der Waals surface area contributed by atoms with Crippen LogP contribution in [-0.4, -0.2) is 41.0 Å². The Hall–Kier alpha value is -0.410. The van der Waals surface area contributed by atoms with E-state index in [9.17, 15) is 9.90 Å². The topological polar surface area (TPSA) is 40.5 Å². The minimum absolute atomic E-state index is 0.167. The average Bonchev–Trinajstić information content (AvgIpc) is 2.31. The predicted molar refractivity (Wildman–Crippen MR) is 63.2 cm³/mol. The van der Waals surface area contributed by atoms with Crippen LogP contribution < -0.4 is 0 Å². The zero-order valence-electron chi connectivity index (χ0n) is 10.2. The lowest BCUT2D eigenvalue weighted by Gasteiger charge is -2.41. The first kappa shape index (κ1) is 12.1. The average molecular weight is 225 g/mol. The number of piperidine rings is 1. The standard InChI is InChI=1S/C13H23NO2/c1-2-10-9-14(8-7-12(10)15)11-5-3-4-6-13(11)16/h10-11,13,16H,2-9H2,1H3. The van der Waals surface area contributed by atoms with Crippen LogP contribution in [0.1, 0.15) is 45.4 Å². The van der Waals surface area contributed by atoms with E-state index >= 15 is 0 Å². The first-order valence-corrected chi connectivity index (χ1v) is 6.67. The molecular formula is C13H23NO2. The Kier molecular flexibility index (Phi) is 3.98. The second-order valence-corrected chi connectivity index (χ2v) is 5.24. The molecule has 0 radical (unpaired) electrons. The minimum atomic E-state index is -0.167. The number of nitrogens with zero attached hydrogens (tertiary/aromatic N) is 1. The molecule has 3 atom stereocenters. The second kappa shape index (κ2) is 5.28. The normalized spacial score (nSPS) is 37.6. The van der Waals surface area contributed by atoms with Crippen molar-refractivity contribution in [2.45, 2.75) is 57.6 Å². The summed E-state index contributed by atoms with van der Waals surface area (Å²) in [6, 6.07) is 0.316. The maximum Gasteiger partial charge on any atom is 0.138 e. The van der Waals surface area contributed by atoms with Crippen LogP contribution in [0, 0.1) is 5.92 Å². The molecule has 0 spiro atoms. The van der Waals surface area contributed by atoms with Crippen molar-refractivity contribution in [3.05, 3.63) is 0 Å². The molecule has 1 heterocycles. The van der Waals surface area contributed by atoms with E-state index in [1.165, 1.54) is 6.42 Å². The highest BCUT2D eigenvalue weighted by atomic mass is 16.3. The molecule has 1 aliphatic carbocycles. The van der Waals surface area contributed by atoms with Gasteiger partial charge in [-0.15, -0.1) is 0 Å². The molecule has 3 heteroatoms. The first-order chi connectivity index (χ1) is 7.72. The lowest BCUT2D eigenvalue weighted by atomic mass is 9.87. The number of ketones is 1. The van der Waals surface area contributed by atoms with Gasteiger partial charge in [0.05, 0.1) is 6.10 Å². The highest BCUT2D eigenvalue weighted by molar-refractivity contribution is 5.82. The van der Waals surface area contributed by atoms with Crippen molar-refractivity contribution in [2.24, 2.45) is 5.92 Å². The van der Waals surface area contributed by atoms with E-state index in [1.54, 1.807) is 0 Å². The Morgan fingerprint density at radius 3 is 2.81 bits per heavy atom. The molecule has 1 saturated heterocycles. The summed E-state index contributed by atoms with van der Waals surface area (Å²) in [5.74, 6) is 0.631. The fourth-order valence-corrected chi connectivity index (χ4v) is 3.11.